The molecule has 3 rings (SSSR count). The number of halogens is 3. The van der Waals surface area contributed by atoms with E-state index in [9.17, 15) is 13.2 Å². The second-order valence-electron chi connectivity index (χ2n) is 11.6. The van der Waals surface area contributed by atoms with E-state index in [0.29, 0.717) is 30.6 Å². The van der Waals surface area contributed by atoms with Crippen LogP contribution in [0.4, 0.5) is 13.2 Å². The first-order chi connectivity index (χ1) is 15.5. The van der Waals surface area contributed by atoms with Gasteiger partial charge < -0.3 is 0 Å². The Labute approximate surface area is 200 Å². The van der Waals surface area contributed by atoms with Crippen molar-refractivity contribution < 1.29 is 13.2 Å². The molecule has 0 N–H and O–H groups in total. The minimum absolute atomic E-state index is 0.0108. The third kappa shape index (κ3) is 6.45. The topological polar surface area (TPSA) is 0 Å². The van der Waals surface area contributed by atoms with Crippen LogP contribution < -0.4 is 0 Å². The van der Waals surface area contributed by atoms with Crippen molar-refractivity contribution in [1.29, 1.82) is 0 Å². The highest BCUT2D eigenvalue weighted by Gasteiger charge is 2.50. The van der Waals surface area contributed by atoms with Crippen molar-refractivity contribution in [3.05, 3.63) is 48.6 Å². The summed E-state index contributed by atoms with van der Waals surface area (Å²) >= 11 is 0. The van der Waals surface area contributed by atoms with Gasteiger partial charge in [-0.3, -0.25) is 0 Å². The summed E-state index contributed by atoms with van der Waals surface area (Å²) in [6.45, 7) is 12.8. The van der Waals surface area contributed by atoms with Crippen molar-refractivity contribution in [2.45, 2.75) is 91.7 Å². The summed E-state index contributed by atoms with van der Waals surface area (Å²) in [5.74, 6) is 0.00253. The molecule has 0 aromatic carbocycles. The Morgan fingerprint density at radius 2 is 1.76 bits per heavy atom. The lowest BCUT2D eigenvalue weighted by molar-refractivity contribution is -0.210. The van der Waals surface area contributed by atoms with Gasteiger partial charge in [-0.1, -0.05) is 62.8 Å². The number of rotatable bonds is 9. The highest BCUT2D eigenvalue weighted by atomic mass is 19.4. The molecule has 1 saturated carbocycles. The van der Waals surface area contributed by atoms with Crippen LogP contribution in [-0.2, 0) is 0 Å². The van der Waals surface area contributed by atoms with Crippen LogP contribution in [0.1, 0.15) is 85.5 Å². The second-order valence-corrected chi connectivity index (χ2v) is 11.6. The van der Waals surface area contributed by atoms with Gasteiger partial charge in [0, 0.05) is 0 Å². The average molecular weight is 463 g/mol. The third-order valence-electron chi connectivity index (χ3n) is 9.54. The molecular formula is C30H45F3. The first-order valence-electron chi connectivity index (χ1n) is 13.3. The molecule has 3 aliphatic rings. The van der Waals surface area contributed by atoms with E-state index in [0.717, 1.165) is 44.9 Å². The molecule has 6 unspecified atom stereocenters. The minimum Gasteiger partial charge on any atom is -0.171 e. The van der Waals surface area contributed by atoms with Crippen LogP contribution in [0.25, 0.3) is 0 Å². The zero-order valence-corrected chi connectivity index (χ0v) is 21.2. The van der Waals surface area contributed by atoms with Gasteiger partial charge in [0.05, 0.1) is 5.92 Å². The number of hydrogen-bond acceptors (Lipinski definition) is 0. The van der Waals surface area contributed by atoms with Gasteiger partial charge in [0.25, 0.3) is 0 Å². The molecule has 0 nitrogen and oxygen atoms in total. The Kier molecular flexibility index (Phi) is 8.78. The van der Waals surface area contributed by atoms with Crippen molar-refractivity contribution in [3.63, 3.8) is 0 Å². The molecule has 0 radical (unpaired) electrons. The Bertz CT molecular complexity index is 734. The van der Waals surface area contributed by atoms with Gasteiger partial charge in [0.15, 0.2) is 0 Å². The average Bonchev–Trinajstić information content (AvgIpc) is 3.32. The predicted octanol–water partition coefficient (Wildman–Crippen LogP) is 9.70. The van der Waals surface area contributed by atoms with Gasteiger partial charge in [-0.2, -0.15) is 13.2 Å². The van der Waals surface area contributed by atoms with E-state index >= 15 is 0 Å². The zero-order valence-electron chi connectivity index (χ0n) is 21.2. The molecule has 6 atom stereocenters. The molecule has 3 aliphatic carbocycles. The number of alkyl halides is 3. The molecule has 0 heterocycles. The summed E-state index contributed by atoms with van der Waals surface area (Å²) in [7, 11) is 0. The minimum atomic E-state index is -4.11. The van der Waals surface area contributed by atoms with Crippen LogP contribution >= 0.6 is 0 Å². The SMILES string of the molecule is C=CC(C)(CCC(C)C1C=CC(C)=CC1)C1CCC(C(C(C)C2C=CCC2)C(F)(F)F)CC1. The van der Waals surface area contributed by atoms with Crippen molar-refractivity contribution >= 4 is 0 Å². The van der Waals surface area contributed by atoms with Crippen LogP contribution in [0.15, 0.2) is 48.6 Å². The number of allylic oxidation sites excluding steroid dienone is 7. The molecule has 186 valence electrons. The summed E-state index contributed by atoms with van der Waals surface area (Å²) in [4.78, 5) is 0. The normalized spacial score (nSPS) is 32.6. The van der Waals surface area contributed by atoms with Crippen molar-refractivity contribution in [2.75, 3.05) is 0 Å². The Hall–Kier alpha value is -1.25. The molecule has 0 aromatic rings. The van der Waals surface area contributed by atoms with E-state index in [1.807, 2.05) is 13.0 Å². The van der Waals surface area contributed by atoms with Crippen LogP contribution in [0.3, 0.4) is 0 Å². The van der Waals surface area contributed by atoms with Gasteiger partial charge in [-0.25, -0.2) is 0 Å². The second kappa shape index (κ2) is 11.0. The molecule has 3 heteroatoms. The first-order valence-corrected chi connectivity index (χ1v) is 13.3. The highest BCUT2D eigenvalue weighted by molar-refractivity contribution is 5.21. The van der Waals surface area contributed by atoms with E-state index in [-0.39, 0.29) is 23.2 Å². The van der Waals surface area contributed by atoms with Crippen molar-refractivity contribution in [1.82, 2.24) is 0 Å². The summed E-state index contributed by atoms with van der Waals surface area (Å²) in [6.07, 6.45) is 17.3. The quantitative estimate of drug-likeness (QED) is 0.299. The molecule has 0 amide bonds. The van der Waals surface area contributed by atoms with E-state index < -0.39 is 12.1 Å². The standard InChI is InChI=1S/C30H45F3/c1-6-29(5,20-19-22(3)24-13-11-21(2)12-14-24)27-17-15-26(16-18-27)28(30(31,32)33)23(4)25-9-7-8-10-25/h6-7,9,11-13,22-28H,1,8,10,14-20H2,2-5H3. The van der Waals surface area contributed by atoms with E-state index in [2.05, 4.69) is 57.7 Å². The maximum atomic E-state index is 14.2. The summed E-state index contributed by atoms with van der Waals surface area (Å²) in [5.41, 5.74) is 1.36. The molecule has 0 saturated heterocycles. The largest absolute Gasteiger partial charge is 0.392 e. The maximum absolute atomic E-state index is 14.2. The van der Waals surface area contributed by atoms with Crippen LogP contribution in [-0.4, -0.2) is 6.18 Å². The van der Waals surface area contributed by atoms with Crippen LogP contribution in [0.2, 0.25) is 0 Å². The third-order valence-corrected chi connectivity index (χ3v) is 9.54. The molecule has 0 spiro atoms. The first kappa shape index (κ1) is 26.4. The van der Waals surface area contributed by atoms with E-state index in [4.69, 9.17) is 0 Å². The fourth-order valence-electron chi connectivity index (χ4n) is 6.88. The Morgan fingerprint density at radius 3 is 2.27 bits per heavy atom. The molecule has 33 heavy (non-hydrogen) atoms. The smallest absolute Gasteiger partial charge is 0.171 e. The summed E-state index contributed by atoms with van der Waals surface area (Å²) in [5, 5.41) is 0. The summed E-state index contributed by atoms with van der Waals surface area (Å²) < 4.78 is 42.5. The van der Waals surface area contributed by atoms with Crippen molar-refractivity contribution in [3.8, 4) is 0 Å². The lowest BCUT2D eigenvalue weighted by Gasteiger charge is -2.44. The molecule has 0 aliphatic heterocycles. The van der Waals surface area contributed by atoms with Crippen LogP contribution in [0, 0.1) is 46.8 Å². The van der Waals surface area contributed by atoms with Gasteiger partial charge in [-0.15, -0.1) is 6.58 Å². The van der Waals surface area contributed by atoms with E-state index in [1.54, 1.807) is 0 Å². The molecular weight excluding hydrogens is 417 g/mol. The zero-order chi connectivity index (χ0) is 24.2. The van der Waals surface area contributed by atoms with E-state index in [1.165, 1.54) is 5.57 Å². The lowest BCUT2D eigenvalue weighted by Crippen LogP contribution is -2.41. The predicted molar refractivity (Wildman–Crippen MR) is 134 cm³/mol. The Morgan fingerprint density at radius 1 is 1.06 bits per heavy atom. The van der Waals surface area contributed by atoms with Crippen LogP contribution in [0.5, 0.6) is 0 Å². The van der Waals surface area contributed by atoms with Gasteiger partial charge in [-0.05, 0) is 106 Å². The monoisotopic (exact) mass is 462 g/mol. The lowest BCUT2D eigenvalue weighted by atomic mass is 9.62. The molecule has 0 bridgehead atoms. The summed E-state index contributed by atoms with van der Waals surface area (Å²) in [6, 6.07) is 0. The van der Waals surface area contributed by atoms with Crippen molar-refractivity contribution in [2.24, 2.45) is 46.8 Å². The maximum Gasteiger partial charge on any atom is 0.392 e. The molecule has 0 aromatic heterocycles. The molecule has 1 fully saturated rings. The van der Waals surface area contributed by atoms with Gasteiger partial charge in [0.2, 0.25) is 0 Å². The number of hydrogen-bond donors (Lipinski definition) is 0. The highest BCUT2D eigenvalue weighted by Crippen LogP contribution is 2.51. The van der Waals surface area contributed by atoms with Gasteiger partial charge in [0.1, 0.15) is 0 Å². The Balaban J connectivity index is 1.58. The fraction of sp³-hybridized carbons (Fsp3) is 0.733. The van der Waals surface area contributed by atoms with Gasteiger partial charge >= 0.3 is 6.18 Å². The fourth-order valence-corrected chi connectivity index (χ4v) is 6.88.